The van der Waals surface area contributed by atoms with Gasteiger partial charge in [0.15, 0.2) is 0 Å². The molecule has 0 aliphatic carbocycles. The monoisotopic (exact) mass is 282 g/mol. The Hall–Kier alpha value is -1.54. The van der Waals surface area contributed by atoms with Crippen LogP contribution in [0.1, 0.15) is 26.7 Å². The summed E-state index contributed by atoms with van der Waals surface area (Å²) in [6.45, 7) is 8.30. The molecule has 1 saturated heterocycles. The first-order valence-electron chi connectivity index (χ1n) is 8.24. The van der Waals surface area contributed by atoms with Gasteiger partial charge in [0.1, 0.15) is 0 Å². The zero-order chi connectivity index (χ0) is 14.7. The van der Waals surface area contributed by atoms with Crippen LogP contribution in [0.15, 0.2) is 42.5 Å². The van der Waals surface area contributed by atoms with Crippen LogP contribution in [-0.2, 0) is 0 Å². The Kier molecular flexibility index (Phi) is 4.45. The van der Waals surface area contributed by atoms with E-state index in [1.807, 2.05) is 0 Å². The molecule has 2 aromatic rings. The molecule has 3 rings (SSSR count). The molecule has 112 valence electrons. The molecule has 0 bridgehead atoms. The van der Waals surface area contributed by atoms with Crippen molar-refractivity contribution in [2.75, 3.05) is 25.0 Å². The Bertz CT molecular complexity index is 580. The Morgan fingerprint density at radius 2 is 1.81 bits per heavy atom. The van der Waals surface area contributed by atoms with Crippen molar-refractivity contribution in [3.05, 3.63) is 42.5 Å². The van der Waals surface area contributed by atoms with Gasteiger partial charge in [-0.1, -0.05) is 43.3 Å². The normalized spacial score (nSPS) is 18.8. The van der Waals surface area contributed by atoms with Crippen LogP contribution in [0.4, 0.5) is 5.69 Å². The number of anilines is 1. The van der Waals surface area contributed by atoms with Gasteiger partial charge in [-0.2, -0.15) is 0 Å². The zero-order valence-electron chi connectivity index (χ0n) is 13.2. The smallest absolute Gasteiger partial charge is 0.0422 e. The van der Waals surface area contributed by atoms with E-state index in [2.05, 4.69) is 66.5 Å². The molecular formula is C19H26N2. The molecule has 21 heavy (non-hydrogen) atoms. The summed E-state index contributed by atoms with van der Waals surface area (Å²) < 4.78 is 0. The minimum atomic E-state index is 0.537. The van der Waals surface area contributed by atoms with Crippen molar-refractivity contribution in [3.8, 4) is 0 Å². The fraction of sp³-hybridized carbons (Fsp3) is 0.474. The van der Waals surface area contributed by atoms with Crippen molar-refractivity contribution < 1.29 is 0 Å². The van der Waals surface area contributed by atoms with Crippen molar-refractivity contribution in [1.82, 2.24) is 4.90 Å². The van der Waals surface area contributed by atoms with E-state index in [4.69, 9.17) is 0 Å². The second-order valence-corrected chi connectivity index (χ2v) is 6.23. The standard InChI is InChI=1S/C19H26N2/c1-3-21-13-11-16(12-14-21)15(2)20-19-10-6-8-17-7-4-5-9-18(17)19/h4-10,15-16,20H,3,11-14H2,1-2H3. The summed E-state index contributed by atoms with van der Waals surface area (Å²) in [6.07, 6.45) is 2.62. The maximum absolute atomic E-state index is 3.77. The lowest BCUT2D eigenvalue weighted by Crippen LogP contribution is -2.39. The number of nitrogens with zero attached hydrogens (tertiary/aromatic N) is 1. The van der Waals surface area contributed by atoms with E-state index in [1.54, 1.807) is 0 Å². The largest absolute Gasteiger partial charge is 0.382 e. The first kappa shape index (κ1) is 14.4. The number of piperidine rings is 1. The Balaban J connectivity index is 1.70. The van der Waals surface area contributed by atoms with Crippen LogP contribution in [0.3, 0.4) is 0 Å². The fourth-order valence-corrected chi connectivity index (χ4v) is 3.48. The first-order valence-corrected chi connectivity index (χ1v) is 8.24. The minimum Gasteiger partial charge on any atom is -0.382 e. The number of fused-ring (bicyclic) bond motifs is 1. The molecule has 0 spiro atoms. The maximum atomic E-state index is 3.77. The second kappa shape index (κ2) is 6.48. The summed E-state index contributed by atoms with van der Waals surface area (Å²) in [5.41, 5.74) is 1.28. The van der Waals surface area contributed by atoms with Crippen molar-refractivity contribution in [1.29, 1.82) is 0 Å². The quantitative estimate of drug-likeness (QED) is 0.895. The highest BCUT2D eigenvalue weighted by molar-refractivity contribution is 5.93. The summed E-state index contributed by atoms with van der Waals surface area (Å²) in [5, 5.41) is 6.42. The lowest BCUT2D eigenvalue weighted by atomic mass is 9.90. The van der Waals surface area contributed by atoms with Gasteiger partial charge in [-0.25, -0.2) is 0 Å². The van der Waals surface area contributed by atoms with Crippen molar-refractivity contribution in [2.45, 2.75) is 32.7 Å². The average molecular weight is 282 g/mol. The Labute approximate surface area is 128 Å². The van der Waals surface area contributed by atoms with Crippen LogP contribution in [0.5, 0.6) is 0 Å². The Morgan fingerprint density at radius 1 is 1.10 bits per heavy atom. The third-order valence-corrected chi connectivity index (χ3v) is 4.96. The van der Waals surface area contributed by atoms with Crippen LogP contribution in [0.25, 0.3) is 10.8 Å². The van der Waals surface area contributed by atoms with Gasteiger partial charge < -0.3 is 10.2 Å². The van der Waals surface area contributed by atoms with Gasteiger partial charge in [-0.05, 0) is 56.8 Å². The summed E-state index contributed by atoms with van der Waals surface area (Å²) in [7, 11) is 0. The van der Waals surface area contributed by atoms with Crippen molar-refractivity contribution >= 4 is 16.5 Å². The lowest BCUT2D eigenvalue weighted by Gasteiger charge is -2.35. The molecule has 1 unspecified atom stereocenters. The molecule has 0 radical (unpaired) electrons. The van der Waals surface area contributed by atoms with E-state index < -0.39 is 0 Å². The van der Waals surface area contributed by atoms with Gasteiger partial charge in [0.25, 0.3) is 0 Å². The van der Waals surface area contributed by atoms with Gasteiger partial charge in [-0.15, -0.1) is 0 Å². The fourth-order valence-electron chi connectivity index (χ4n) is 3.48. The number of nitrogens with one attached hydrogen (secondary N) is 1. The van der Waals surface area contributed by atoms with Gasteiger partial charge in [0.05, 0.1) is 0 Å². The van der Waals surface area contributed by atoms with Crippen LogP contribution in [0, 0.1) is 5.92 Å². The molecular weight excluding hydrogens is 256 g/mol. The number of hydrogen-bond donors (Lipinski definition) is 1. The topological polar surface area (TPSA) is 15.3 Å². The predicted octanol–water partition coefficient (Wildman–Crippen LogP) is 4.37. The highest BCUT2D eigenvalue weighted by atomic mass is 15.1. The molecule has 2 aromatic carbocycles. The van der Waals surface area contributed by atoms with Gasteiger partial charge in [0.2, 0.25) is 0 Å². The molecule has 2 heteroatoms. The molecule has 1 heterocycles. The lowest BCUT2D eigenvalue weighted by molar-refractivity contribution is 0.183. The van der Waals surface area contributed by atoms with Crippen molar-refractivity contribution in [2.24, 2.45) is 5.92 Å². The maximum Gasteiger partial charge on any atom is 0.0422 e. The van der Waals surface area contributed by atoms with Gasteiger partial charge in [0, 0.05) is 17.1 Å². The summed E-state index contributed by atoms with van der Waals surface area (Å²) in [6, 6.07) is 15.7. The highest BCUT2D eigenvalue weighted by Crippen LogP contribution is 2.27. The average Bonchev–Trinajstić information content (AvgIpc) is 2.55. The van der Waals surface area contributed by atoms with E-state index in [0.29, 0.717) is 6.04 Å². The van der Waals surface area contributed by atoms with Crippen LogP contribution in [0.2, 0.25) is 0 Å². The van der Waals surface area contributed by atoms with Gasteiger partial charge >= 0.3 is 0 Å². The molecule has 1 aliphatic heterocycles. The first-order chi connectivity index (χ1) is 10.3. The molecule has 0 aromatic heterocycles. The summed E-state index contributed by atoms with van der Waals surface area (Å²) in [4.78, 5) is 2.56. The molecule has 0 amide bonds. The Morgan fingerprint density at radius 3 is 2.57 bits per heavy atom. The van der Waals surface area contributed by atoms with Crippen LogP contribution in [-0.4, -0.2) is 30.6 Å². The summed E-state index contributed by atoms with van der Waals surface area (Å²) >= 11 is 0. The minimum absolute atomic E-state index is 0.537. The number of rotatable bonds is 4. The van der Waals surface area contributed by atoms with Crippen LogP contribution >= 0.6 is 0 Å². The third-order valence-electron chi connectivity index (χ3n) is 4.96. The molecule has 0 saturated carbocycles. The second-order valence-electron chi connectivity index (χ2n) is 6.23. The SMILES string of the molecule is CCN1CCC(C(C)Nc2cccc3ccccc23)CC1. The number of likely N-dealkylation sites (tertiary alicyclic amines) is 1. The molecule has 1 aliphatic rings. The molecule has 1 fully saturated rings. The van der Waals surface area contributed by atoms with E-state index in [-0.39, 0.29) is 0 Å². The zero-order valence-corrected chi connectivity index (χ0v) is 13.2. The van der Waals surface area contributed by atoms with Crippen molar-refractivity contribution in [3.63, 3.8) is 0 Å². The number of benzene rings is 2. The van der Waals surface area contributed by atoms with E-state index in [1.165, 1.54) is 48.9 Å². The third kappa shape index (κ3) is 3.21. The molecule has 1 atom stereocenters. The highest BCUT2D eigenvalue weighted by Gasteiger charge is 2.23. The summed E-state index contributed by atoms with van der Waals surface area (Å²) in [5.74, 6) is 0.784. The predicted molar refractivity (Wildman–Crippen MR) is 91.9 cm³/mol. The van der Waals surface area contributed by atoms with E-state index in [0.717, 1.165) is 5.92 Å². The van der Waals surface area contributed by atoms with Gasteiger partial charge in [-0.3, -0.25) is 0 Å². The molecule has 2 nitrogen and oxygen atoms in total. The molecule has 1 N–H and O–H groups in total. The van der Waals surface area contributed by atoms with Crippen LogP contribution < -0.4 is 5.32 Å². The van der Waals surface area contributed by atoms with E-state index >= 15 is 0 Å². The number of hydrogen-bond acceptors (Lipinski definition) is 2. The van der Waals surface area contributed by atoms with E-state index in [9.17, 15) is 0 Å².